The molecular weight excluding hydrogens is 366 g/mol. The zero-order valence-electron chi connectivity index (χ0n) is 16.8. The van der Waals surface area contributed by atoms with Crippen molar-refractivity contribution in [3.63, 3.8) is 0 Å². The number of rotatable bonds is 4. The monoisotopic (exact) mass is 391 g/mol. The minimum absolute atomic E-state index is 0.140. The Morgan fingerprint density at radius 1 is 1.21 bits per heavy atom. The zero-order valence-corrected chi connectivity index (χ0v) is 16.8. The van der Waals surface area contributed by atoms with E-state index in [1.54, 1.807) is 19.2 Å². The third-order valence-electron chi connectivity index (χ3n) is 6.23. The molecule has 1 saturated heterocycles. The standard InChI is InChI=1S/C22H25N5O2/c1-3-5-18-16-10-17(19-6-4-7-21(28)27(18)19)13-26(12-16)20-9-8-15(11-23-20)22-24-14(2)25-29-22/h4,6-9,11,16-18H,3,5,10,12-13H2,1-2H3/t16-,17+,18-/m0/s1. The molecule has 2 aliphatic rings. The van der Waals surface area contributed by atoms with E-state index in [0.29, 0.717) is 23.6 Å². The molecule has 29 heavy (non-hydrogen) atoms. The maximum absolute atomic E-state index is 12.6. The van der Waals surface area contributed by atoms with Gasteiger partial charge in [-0.2, -0.15) is 4.98 Å². The van der Waals surface area contributed by atoms with Crippen LogP contribution in [0.4, 0.5) is 5.82 Å². The minimum Gasteiger partial charge on any atom is -0.356 e. The van der Waals surface area contributed by atoms with E-state index in [2.05, 4.69) is 37.6 Å². The molecule has 0 saturated carbocycles. The Kier molecular flexibility index (Phi) is 4.45. The number of hydrogen-bond acceptors (Lipinski definition) is 6. The highest BCUT2D eigenvalue weighted by Gasteiger charge is 2.40. The van der Waals surface area contributed by atoms with Crippen LogP contribution in [0.25, 0.3) is 11.5 Å². The van der Waals surface area contributed by atoms with E-state index in [1.807, 2.05) is 18.2 Å². The lowest BCUT2D eigenvalue weighted by molar-refractivity contribution is 0.201. The van der Waals surface area contributed by atoms with Crippen LogP contribution in [0.15, 0.2) is 45.8 Å². The second-order valence-corrected chi connectivity index (χ2v) is 8.16. The van der Waals surface area contributed by atoms with Crippen LogP contribution in [0, 0.1) is 12.8 Å². The normalized spacial score (nSPS) is 23.1. The Labute approximate surface area is 169 Å². The second-order valence-electron chi connectivity index (χ2n) is 8.16. The number of pyridine rings is 2. The van der Waals surface area contributed by atoms with Crippen molar-refractivity contribution < 1.29 is 4.52 Å². The topological polar surface area (TPSA) is 77.1 Å². The Balaban J connectivity index is 1.45. The average Bonchev–Trinajstić information content (AvgIpc) is 3.18. The first-order valence-corrected chi connectivity index (χ1v) is 10.4. The van der Waals surface area contributed by atoms with Gasteiger partial charge in [0.2, 0.25) is 0 Å². The van der Waals surface area contributed by atoms with E-state index in [-0.39, 0.29) is 11.6 Å². The van der Waals surface area contributed by atoms with Crippen LogP contribution in [0.3, 0.4) is 0 Å². The molecule has 0 aromatic carbocycles. The minimum atomic E-state index is 0.140. The van der Waals surface area contributed by atoms with Crippen molar-refractivity contribution in [1.82, 2.24) is 19.7 Å². The fourth-order valence-electron chi connectivity index (χ4n) is 5.01. The molecule has 0 N–H and O–H groups in total. The SMILES string of the molecule is CCC[C@H]1[C@H]2C[C@H](CN(c3ccc(-c4nc(C)no4)cn3)C2)c2cccc(=O)n21. The number of piperidine rings is 1. The van der Waals surface area contributed by atoms with Gasteiger partial charge in [-0.05, 0) is 43.9 Å². The molecule has 0 aliphatic carbocycles. The quantitative estimate of drug-likeness (QED) is 0.677. The van der Waals surface area contributed by atoms with Gasteiger partial charge in [-0.1, -0.05) is 24.6 Å². The predicted molar refractivity (Wildman–Crippen MR) is 110 cm³/mol. The van der Waals surface area contributed by atoms with Gasteiger partial charge in [0.25, 0.3) is 11.4 Å². The molecule has 3 aromatic rings. The third-order valence-corrected chi connectivity index (χ3v) is 6.23. The molecule has 2 aliphatic heterocycles. The van der Waals surface area contributed by atoms with E-state index in [9.17, 15) is 4.79 Å². The van der Waals surface area contributed by atoms with E-state index in [4.69, 9.17) is 4.52 Å². The van der Waals surface area contributed by atoms with Crippen LogP contribution in [-0.4, -0.2) is 32.8 Å². The van der Waals surface area contributed by atoms with E-state index < -0.39 is 0 Å². The van der Waals surface area contributed by atoms with Crippen LogP contribution in [0.5, 0.6) is 0 Å². The Morgan fingerprint density at radius 2 is 2.10 bits per heavy atom. The first-order chi connectivity index (χ1) is 14.1. The van der Waals surface area contributed by atoms with Gasteiger partial charge in [-0.15, -0.1) is 0 Å². The molecule has 1 fully saturated rings. The smallest absolute Gasteiger partial charge is 0.259 e. The van der Waals surface area contributed by atoms with Gasteiger partial charge in [0.05, 0.1) is 5.56 Å². The first kappa shape index (κ1) is 18.1. The lowest BCUT2D eigenvalue weighted by atomic mass is 9.77. The Morgan fingerprint density at radius 3 is 2.83 bits per heavy atom. The number of nitrogens with zero attached hydrogens (tertiary/aromatic N) is 5. The van der Waals surface area contributed by atoms with E-state index in [0.717, 1.165) is 43.7 Å². The van der Waals surface area contributed by atoms with E-state index in [1.165, 1.54) is 5.69 Å². The van der Waals surface area contributed by atoms with Gasteiger partial charge in [-0.3, -0.25) is 4.79 Å². The van der Waals surface area contributed by atoms with Crippen molar-refractivity contribution in [1.29, 1.82) is 0 Å². The number of aromatic nitrogens is 4. The van der Waals surface area contributed by atoms with Crippen molar-refractivity contribution in [3.05, 3.63) is 58.4 Å². The molecule has 7 heteroatoms. The molecule has 7 nitrogen and oxygen atoms in total. The van der Waals surface area contributed by atoms with Gasteiger partial charge in [-0.25, -0.2) is 4.98 Å². The summed E-state index contributed by atoms with van der Waals surface area (Å²) in [4.78, 5) is 23.9. The predicted octanol–water partition coefficient (Wildman–Crippen LogP) is 3.57. The maximum Gasteiger partial charge on any atom is 0.259 e. The molecule has 0 amide bonds. The van der Waals surface area contributed by atoms with Crippen LogP contribution in [-0.2, 0) is 0 Å². The number of hydrogen-bond donors (Lipinski definition) is 0. The lowest BCUT2D eigenvalue weighted by Crippen LogP contribution is -2.49. The highest BCUT2D eigenvalue weighted by Crippen LogP contribution is 2.43. The highest BCUT2D eigenvalue weighted by molar-refractivity contribution is 5.55. The summed E-state index contributed by atoms with van der Waals surface area (Å²) >= 11 is 0. The molecule has 0 radical (unpaired) electrons. The molecule has 150 valence electrons. The molecule has 5 rings (SSSR count). The second kappa shape index (κ2) is 7.13. The van der Waals surface area contributed by atoms with Crippen LogP contribution >= 0.6 is 0 Å². The molecule has 2 bridgehead atoms. The summed E-state index contributed by atoms with van der Waals surface area (Å²) in [5.74, 6) is 2.89. The average molecular weight is 391 g/mol. The summed E-state index contributed by atoms with van der Waals surface area (Å²) in [5, 5.41) is 3.85. The summed E-state index contributed by atoms with van der Waals surface area (Å²) in [7, 11) is 0. The van der Waals surface area contributed by atoms with E-state index >= 15 is 0 Å². The van der Waals surface area contributed by atoms with Crippen molar-refractivity contribution in [2.24, 2.45) is 5.92 Å². The molecular formula is C22H25N5O2. The fourth-order valence-corrected chi connectivity index (χ4v) is 5.01. The fraction of sp³-hybridized carbons (Fsp3) is 0.455. The third kappa shape index (κ3) is 3.14. The Bertz CT molecular complexity index is 1070. The molecule has 0 spiro atoms. The summed E-state index contributed by atoms with van der Waals surface area (Å²) in [6, 6.07) is 10.0. The van der Waals surface area contributed by atoms with Crippen molar-refractivity contribution in [2.45, 2.75) is 45.1 Å². The van der Waals surface area contributed by atoms with Gasteiger partial charge < -0.3 is 14.0 Å². The molecule has 0 unspecified atom stereocenters. The Hall–Kier alpha value is -2.96. The summed E-state index contributed by atoms with van der Waals surface area (Å²) in [5.41, 5.74) is 2.14. The van der Waals surface area contributed by atoms with Crippen molar-refractivity contribution in [2.75, 3.05) is 18.0 Å². The number of anilines is 1. The number of aryl methyl sites for hydroxylation is 1. The highest BCUT2D eigenvalue weighted by atomic mass is 16.5. The largest absolute Gasteiger partial charge is 0.356 e. The lowest BCUT2D eigenvalue weighted by Gasteiger charge is -2.47. The summed E-state index contributed by atoms with van der Waals surface area (Å²) < 4.78 is 7.32. The summed E-state index contributed by atoms with van der Waals surface area (Å²) in [6.07, 6.45) is 5.05. The van der Waals surface area contributed by atoms with Gasteiger partial charge in [0, 0.05) is 43.0 Å². The van der Waals surface area contributed by atoms with Crippen molar-refractivity contribution in [3.8, 4) is 11.5 Å². The first-order valence-electron chi connectivity index (χ1n) is 10.4. The molecule has 3 aromatic heterocycles. The molecule has 5 heterocycles. The van der Waals surface area contributed by atoms with Gasteiger partial charge in [0.15, 0.2) is 5.82 Å². The van der Waals surface area contributed by atoms with Crippen LogP contribution in [0.2, 0.25) is 0 Å². The van der Waals surface area contributed by atoms with Gasteiger partial charge >= 0.3 is 0 Å². The van der Waals surface area contributed by atoms with Gasteiger partial charge in [0.1, 0.15) is 5.82 Å². The summed E-state index contributed by atoms with van der Waals surface area (Å²) in [6.45, 7) is 5.80. The van der Waals surface area contributed by atoms with Crippen molar-refractivity contribution >= 4 is 5.82 Å². The zero-order chi connectivity index (χ0) is 20.0. The molecule has 3 atom stereocenters. The number of fused-ring (bicyclic) bond motifs is 4. The van der Waals surface area contributed by atoms with Crippen LogP contribution < -0.4 is 10.5 Å². The maximum atomic E-state index is 12.6. The van der Waals surface area contributed by atoms with Crippen LogP contribution in [0.1, 0.15) is 49.7 Å².